The number of aromatic nitrogens is 2. The Hall–Kier alpha value is -3.08. The van der Waals surface area contributed by atoms with Crippen LogP contribution in [-0.4, -0.2) is 28.3 Å². The van der Waals surface area contributed by atoms with Gasteiger partial charge in [-0.2, -0.15) is 0 Å². The lowest BCUT2D eigenvalue weighted by molar-refractivity contribution is 0.0475. The number of carbonyl (C=O) groups is 2. The van der Waals surface area contributed by atoms with Crippen LogP contribution in [-0.2, 0) is 11.2 Å². The quantitative estimate of drug-likeness (QED) is 0.485. The van der Waals surface area contributed by atoms with E-state index in [9.17, 15) is 9.59 Å². The highest BCUT2D eigenvalue weighted by Crippen LogP contribution is 2.15. The van der Waals surface area contributed by atoms with E-state index in [4.69, 9.17) is 4.74 Å². The molecule has 0 spiro atoms. The Balaban J connectivity index is 1.67. The Kier molecular flexibility index (Phi) is 5.60. The van der Waals surface area contributed by atoms with Crippen LogP contribution in [0.15, 0.2) is 42.5 Å². The van der Waals surface area contributed by atoms with Gasteiger partial charge >= 0.3 is 5.97 Å². The van der Waals surface area contributed by atoms with Gasteiger partial charge in [-0.15, -0.1) is 0 Å². The first-order valence-electron chi connectivity index (χ1n) is 9.02. The van der Waals surface area contributed by atoms with Crippen LogP contribution in [0.25, 0.3) is 11.0 Å². The molecule has 0 aliphatic heterocycles. The van der Waals surface area contributed by atoms with Crippen LogP contribution in [0.5, 0.6) is 0 Å². The van der Waals surface area contributed by atoms with E-state index in [1.807, 2.05) is 26.0 Å². The van der Waals surface area contributed by atoms with Crippen molar-refractivity contribution in [2.75, 3.05) is 6.61 Å². The van der Waals surface area contributed by atoms with E-state index in [-0.39, 0.29) is 12.4 Å². The summed E-state index contributed by atoms with van der Waals surface area (Å²) >= 11 is 0. The SMILES string of the molecule is CCCc1ccc(C(=O)COC(=O)c2ccc3nc(C)c(C)nc3c2)cc1. The molecule has 138 valence electrons. The molecule has 5 nitrogen and oxygen atoms in total. The lowest BCUT2D eigenvalue weighted by atomic mass is 10.1. The summed E-state index contributed by atoms with van der Waals surface area (Å²) in [7, 11) is 0. The molecule has 0 aliphatic carbocycles. The third-order valence-electron chi connectivity index (χ3n) is 4.46. The molecule has 1 aromatic heterocycles. The maximum absolute atomic E-state index is 12.3. The highest BCUT2D eigenvalue weighted by atomic mass is 16.5. The fourth-order valence-corrected chi connectivity index (χ4v) is 2.80. The zero-order valence-corrected chi connectivity index (χ0v) is 15.8. The summed E-state index contributed by atoms with van der Waals surface area (Å²) in [6.45, 7) is 5.59. The van der Waals surface area contributed by atoms with Crippen molar-refractivity contribution in [2.45, 2.75) is 33.6 Å². The zero-order chi connectivity index (χ0) is 19.4. The number of benzene rings is 2. The maximum atomic E-state index is 12.3. The van der Waals surface area contributed by atoms with E-state index >= 15 is 0 Å². The molecule has 0 bridgehead atoms. The summed E-state index contributed by atoms with van der Waals surface area (Å²) in [5, 5.41) is 0. The minimum Gasteiger partial charge on any atom is -0.454 e. The number of esters is 1. The molecule has 0 N–H and O–H groups in total. The van der Waals surface area contributed by atoms with Gasteiger partial charge in [-0.05, 0) is 44.0 Å². The second-order valence-corrected chi connectivity index (χ2v) is 6.54. The summed E-state index contributed by atoms with van der Waals surface area (Å²) in [6.07, 6.45) is 2.04. The van der Waals surface area contributed by atoms with E-state index in [0.717, 1.165) is 29.7 Å². The molecule has 3 aromatic rings. The molecule has 2 aromatic carbocycles. The fraction of sp³-hybridized carbons (Fsp3) is 0.273. The summed E-state index contributed by atoms with van der Waals surface area (Å²) in [4.78, 5) is 33.4. The lowest BCUT2D eigenvalue weighted by Crippen LogP contribution is -2.14. The molecular formula is C22H22N2O3. The zero-order valence-electron chi connectivity index (χ0n) is 15.8. The van der Waals surface area contributed by atoms with Gasteiger partial charge in [-0.3, -0.25) is 4.79 Å². The molecule has 0 fully saturated rings. The van der Waals surface area contributed by atoms with Crippen molar-refractivity contribution < 1.29 is 14.3 Å². The molecule has 27 heavy (non-hydrogen) atoms. The van der Waals surface area contributed by atoms with Gasteiger partial charge in [0.1, 0.15) is 0 Å². The number of aryl methyl sites for hydroxylation is 3. The van der Waals surface area contributed by atoms with Crippen LogP contribution in [0.3, 0.4) is 0 Å². The Morgan fingerprint density at radius 1 is 0.889 bits per heavy atom. The first-order chi connectivity index (χ1) is 13.0. The fourth-order valence-electron chi connectivity index (χ4n) is 2.80. The van der Waals surface area contributed by atoms with Crippen molar-refractivity contribution in [3.8, 4) is 0 Å². The Bertz CT molecular complexity index is 994. The molecule has 0 saturated heterocycles. The highest BCUT2D eigenvalue weighted by Gasteiger charge is 2.13. The molecular weight excluding hydrogens is 340 g/mol. The van der Waals surface area contributed by atoms with Gasteiger partial charge in [0.15, 0.2) is 12.4 Å². The molecule has 0 aliphatic rings. The largest absolute Gasteiger partial charge is 0.454 e. The third kappa shape index (κ3) is 4.37. The number of fused-ring (bicyclic) bond motifs is 1. The molecule has 5 heteroatoms. The van der Waals surface area contributed by atoms with Gasteiger partial charge in [0.05, 0.1) is 28.0 Å². The minimum absolute atomic E-state index is 0.224. The second-order valence-electron chi connectivity index (χ2n) is 6.54. The maximum Gasteiger partial charge on any atom is 0.338 e. The molecule has 0 radical (unpaired) electrons. The second kappa shape index (κ2) is 8.08. The van der Waals surface area contributed by atoms with Gasteiger partial charge in [-0.25, -0.2) is 14.8 Å². The molecule has 0 amide bonds. The first kappa shape index (κ1) is 18.7. The van der Waals surface area contributed by atoms with E-state index in [2.05, 4.69) is 16.9 Å². The number of Topliss-reactive ketones (excluding diaryl/α,β-unsaturated/α-hetero) is 1. The molecule has 1 heterocycles. The summed E-state index contributed by atoms with van der Waals surface area (Å²) in [5.74, 6) is -0.772. The number of hydrogen-bond donors (Lipinski definition) is 0. The van der Waals surface area contributed by atoms with Gasteiger partial charge in [0.2, 0.25) is 0 Å². The topological polar surface area (TPSA) is 69.2 Å². The van der Waals surface area contributed by atoms with Crippen molar-refractivity contribution in [2.24, 2.45) is 0 Å². The molecule has 0 unspecified atom stereocenters. The number of ketones is 1. The Morgan fingerprint density at radius 2 is 1.52 bits per heavy atom. The van der Waals surface area contributed by atoms with E-state index < -0.39 is 5.97 Å². The number of rotatable bonds is 6. The van der Waals surface area contributed by atoms with Crippen LogP contribution in [0.2, 0.25) is 0 Å². The number of carbonyl (C=O) groups excluding carboxylic acids is 2. The summed E-state index contributed by atoms with van der Waals surface area (Å²) in [6, 6.07) is 12.4. The summed E-state index contributed by atoms with van der Waals surface area (Å²) in [5.41, 5.74) is 5.10. The van der Waals surface area contributed by atoms with E-state index in [1.165, 1.54) is 5.56 Å². The average Bonchev–Trinajstić information content (AvgIpc) is 2.67. The average molecular weight is 362 g/mol. The Morgan fingerprint density at radius 3 is 2.19 bits per heavy atom. The molecule has 0 saturated carbocycles. The minimum atomic E-state index is -0.548. The predicted octanol–water partition coefficient (Wildman–Crippen LogP) is 4.24. The van der Waals surface area contributed by atoms with Gasteiger partial charge in [0.25, 0.3) is 0 Å². The van der Waals surface area contributed by atoms with Crippen molar-refractivity contribution in [3.63, 3.8) is 0 Å². The normalized spacial score (nSPS) is 10.8. The monoisotopic (exact) mass is 362 g/mol. The standard InChI is InChI=1S/C22H22N2O3/c1-4-5-16-6-8-17(9-7-16)21(25)13-27-22(26)18-10-11-19-20(12-18)24-15(3)14(2)23-19/h6-12H,4-5,13H2,1-3H3. The number of nitrogens with zero attached hydrogens (tertiary/aromatic N) is 2. The molecule has 3 rings (SSSR count). The van der Waals surface area contributed by atoms with Crippen LogP contribution >= 0.6 is 0 Å². The van der Waals surface area contributed by atoms with Crippen LogP contribution < -0.4 is 0 Å². The predicted molar refractivity (Wildman–Crippen MR) is 104 cm³/mol. The van der Waals surface area contributed by atoms with Crippen molar-refractivity contribution >= 4 is 22.8 Å². The number of ether oxygens (including phenoxy) is 1. The van der Waals surface area contributed by atoms with Gasteiger partial charge in [-0.1, -0.05) is 37.6 Å². The van der Waals surface area contributed by atoms with Gasteiger partial charge < -0.3 is 4.74 Å². The van der Waals surface area contributed by atoms with Crippen LogP contribution in [0.4, 0.5) is 0 Å². The first-order valence-corrected chi connectivity index (χ1v) is 9.02. The highest BCUT2D eigenvalue weighted by molar-refractivity contribution is 6.00. The molecule has 0 atom stereocenters. The lowest BCUT2D eigenvalue weighted by Gasteiger charge is -2.07. The van der Waals surface area contributed by atoms with Crippen LogP contribution in [0, 0.1) is 13.8 Å². The Labute approximate surface area is 158 Å². The smallest absolute Gasteiger partial charge is 0.338 e. The van der Waals surface area contributed by atoms with Crippen molar-refractivity contribution in [1.82, 2.24) is 9.97 Å². The van der Waals surface area contributed by atoms with E-state index in [1.54, 1.807) is 30.3 Å². The summed E-state index contributed by atoms with van der Waals surface area (Å²) < 4.78 is 5.19. The van der Waals surface area contributed by atoms with E-state index in [0.29, 0.717) is 16.6 Å². The van der Waals surface area contributed by atoms with Crippen molar-refractivity contribution in [1.29, 1.82) is 0 Å². The van der Waals surface area contributed by atoms with Crippen molar-refractivity contribution in [3.05, 3.63) is 70.5 Å². The van der Waals surface area contributed by atoms with Gasteiger partial charge in [0, 0.05) is 5.56 Å². The third-order valence-corrected chi connectivity index (χ3v) is 4.46. The number of hydrogen-bond acceptors (Lipinski definition) is 5. The van der Waals surface area contributed by atoms with Crippen LogP contribution in [0.1, 0.15) is 51.0 Å².